The van der Waals surface area contributed by atoms with Gasteiger partial charge in [-0.1, -0.05) is 53.8 Å². The third-order valence-corrected chi connectivity index (χ3v) is 6.03. The van der Waals surface area contributed by atoms with Crippen molar-refractivity contribution < 1.29 is 4.39 Å². The van der Waals surface area contributed by atoms with E-state index in [2.05, 4.69) is 47.8 Å². The third kappa shape index (κ3) is 2.59. The number of benzene rings is 3. The lowest BCUT2D eigenvalue weighted by Crippen LogP contribution is -2.01. The zero-order valence-corrected chi connectivity index (χ0v) is 16.3. The number of aromatic nitrogens is 2. The van der Waals surface area contributed by atoms with Crippen LogP contribution < -0.4 is 5.32 Å². The Morgan fingerprint density at radius 1 is 0.893 bits per heavy atom. The van der Waals surface area contributed by atoms with Gasteiger partial charge >= 0.3 is 0 Å². The molecule has 0 saturated carbocycles. The van der Waals surface area contributed by atoms with Gasteiger partial charge in [-0.25, -0.2) is 9.37 Å². The van der Waals surface area contributed by atoms with Crippen molar-refractivity contribution in [3.63, 3.8) is 0 Å². The van der Waals surface area contributed by atoms with E-state index in [0.717, 1.165) is 37.8 Å². The number of thiazole rings is 1. The number of imidazole rings is 1. The van der Waals surface area contributed by atoms with Crippen molar-refractivity contribution in [2.45, 2.75) is 13.8 Å². The second-order valence-electron chi connectivity index (χ2n) is 6.87. The third-order valence-electron chi connectivity index (χ3n) is 5.01. The predicted molar refractivity (Wildman–Crippen MR) is 115 cm³/mol. The summed E-state index contributed by atoms with van der Waals surface area (Å²) in [7, 11) is 0. The van der Waals surface area contributed by atoms with Crippen molar-refractivity contribution in [1.82, 2.24) is 9.38 Å². The lowest BCUT2D eigenvalue weighted by atomic mass is 10.1. The Morgan fingerprint density at radius 3 is 2.39 bits per heavy atom. The Bertz CT molecular complexity index is 1310. The Labute approximate surface area is 166 Å². The van der Waals surface area contributed by atoms with E-state index in [4.69, 9.17) is 4.98 Å². The van der Waals surface area contributed by atoms with Crippen LogP contribution in [0.4, 0.5) is 15.9 Å². The number of halogens is 1. The van der Waals surface area contributed by atoms with Gasteiger partial charge in [0.25, 0.3) is 0 Å². The molecule has 0 amide bonds. The molecule has 0 aliphatic carbocycles. The molecule has 138 valence electrons. The highest BCUT2D eigenvalue weighted by Crippen LogP contribution is 2.39. The molecule has 1 N–H and O–H groups in total. The molecular weight excluding hydrogens is 369 g/mol. The fourth-order valence-corrected chi connectivity index (χ4v) is 4.63. The van der Waals surface area contributed by atoms with Crippen LogP contribution in [0.15, 0.2) is 66.7 Å². The van der Waals surface area contributed by atoms with E-state index in [-0.39, 0.29) is 5.82 Å². The number of hydrogen-bond acceptors (Lipinski definition) is 3. The Kier molecular flexibility index (Phi) is 3.91. The maximum absolute atomic E-state index is 14.6. The fraction of sp³-hybridized carbons (Fsp3) is 0.0870. The summed E-state index contributed by atoms with van der Waals surface area (Å²) in [6.45, 7) is 4.14. The number of anilines is 2. The van der Waals surface area contributed by atoms with Gasteiger partial charge in [0.05, 0.1) is 10.2 Å². The summed E-state index contributed by atoms with van der Waals surface area (Å²) in [5, 5.41) is 3.58. The first kappa shape index (κ1) is 17.0. The number of aryl methyl sites for hydroxylation is 2. The highest BCUT2D eigenvalue weighted by atomic mass is 32.1. The van der Waals surface area contributed by atoms with Gasteiger partial charge < -0.3 is 5.32 Å². The Balaban J connectivity index is 1.83. The first-order valence-corrected chi connectivity index (χ1v) is 9.93. The first-order chi connectivity index (χ1) is 13.6. The lowest BCUT2D eigenvalue weighted by molar-refractivity contribution is 0.631. The van der Waals surface area contributed by atoms with Gasteiger partial charge in [-0.05, 0) is 49.2 Å². The minimum atomic E-state index is -0.276. The van der Waals surface area contributed by atoms with Crippen LogP contribution in [-0.2, 0) is 0 Å². The zero-order chi connectivity index (χ0) is 19.3. The molecule has 0 bridgehead atoms. The van der Waals surface area contributed by atoms with E-state index in [0.29, 0.717) is 11.3 Å². The van der Waals surface area contributed by atoms with Crippen molar-refractivity contribution in [2.75, 3.05) is 5.32 Å². The number of rotatable bonds is 3. The van der Waals surface area contributed by atoms with Crippen molar-refractivity contribution in [1.29, 1.82) is 0 Å². The SMILES string of the molecule is Cc1cccc(C)c1Nc1c(-c2ccccc2F)nc2sc3ccccc3n12. The van der Waals surface area contributed by atoms with Crippen LogP contribution in [0.3, 0.4) is 0 Å². The van der Waals surface area contributed by atoms with Crippen molar-refractivity contribution in [3.8, 4) is 11.3 Å². The number of para-hydroxylation sites is 2. The van der Waals surface area contributed by atoms with Crippen LogP contribution in [0, 0.1) is 19.7 Å². The van der Waals surface area contributed by atoms with Gasteiger partial charge in [-0.3, -0.25) is 4.40 Å². The molecule has 2 aromatic heterocycles. The maximum Gasteiger partial charge on any atom is 0.197 e. The Morgan fingerprint density at radius 2 is 1.61 bits per heavy atom. The summed E-state index contributed by atoms with van der Waals surface area (Å²) in [6, 6.07) is 21.2. The monoisotopic (exact) mass is 387 g/mol. The quantitative estimate of drug-likeness (QED) is 0.372. The molecule has 3 aromatic carbocycles. The number of nitrogens with zero attached hydrogens (tertiary/aromatic N) is 2. The van der Waals surface area contributed by atoms with E-state index in [1.54, 1.807) is 23.5 Å². The molecule has 2 heterocycles. The van der Waals surface area contributed by atoms with Crippen LogP contribution >= 0.6 is 11.3 Å². The summed E-state index contributed by atoms with van der Waals surface area (Å²) >= 11 is 1.61. The minimum Gasteiger partial charge on any atom is -0.339 e. The second-order valence-corrected chi connectivity index (χ2v) is 7.88. The zero-order valence-electron chi connectivity index (χ0n) is 15.5. The smallest absolute Gasteiger partial charge is 0.197 e. The van der Waals surface area contributed by atoms with Gasteiger partial charge in [-0.15, -0.1) is 0 Å². The molecule has 5 heteroatoms. The molecule has 0 aliphatic rings. The summed E-state index contributed by atoms with van der Waals surface area (Å²) in [5.74, 6) is 0.511. The summed E-state index contributed by atoms with van der Waals surface area (Å²) < 4.78 is 17.9. The standard InChI is InChI=1S/C23H18FN3S/c1-14-8-7-9-15(2)20(14)25-22-21(16-10-3-4-11-17(16)24)26-23-27(22)18-12-5-6-13-19(18)28-23/h3-13,25H,1-2H3. The molecule has 0 spiro atoms. The van der Waals surface area contributed by atoms with E-state index in [9.17, 15) is 4.39 Å². The van der Waals surface area contributed by atoms with Gasteiger partial charge in [-0.2, -0.15) is 0 Å². The molecule has 5 aromatic rings. The number of hydrogen-bond donors (Lipinski definition) is 1. The molecule has 0 aliphatic heterocycles. The molecular formula is C23H18FN3S. The van der Waals surface area contributed by atoms with E-state index in [1.807, 2.05) is 24.3 Å². The Hall–Kier alpha value is -3.18. The van der Waals surface area contributed by atoms with E-state index >= 15 is 0 Å². The van der Waals surface area contributed by atoms with Crippen LogP contribution in [0.2, 0.25) is 0 Å². The molecule has 0 fully saturated rings. The molecule has 0 radical (unpaired) electrons. The highest BCUT2D eigenvalue weighted by Gasteiger charge is 2.21. The number of fused-ring (bicyclic) bond motifs is 3. The lowest BCUT2D eigenvalue weighted by Gasteiger charge is -2.14. The summed E-state index contributed by atoms with van der Waals surface area (Å²) in [6.07, 6.45) is 0. The van der Waals surface area contributed by atoms with Crippen molar-refractivity contribution in [2.24, 2.45) is 0 Å². The normalized spacial score (nSPS) is 11.4. The predicted octanol–water partition coefficient (Wildman–Crippen LogP) is 6.72. The average molecular weight is 387 g/mol. The van der Waals surface area contributed by atoms with Crippen LogP contribution in [0.25, 0.3) is 26.4 Å². The van der Waals surface area contributed by atoms with Crippen LogP contribution in [-0.4, -0.2) is 9.38 Å². The van der Waals surface area contributed by atoms with Gasteiger partial charge in [0.2, 0.25) is 0 Å². The van der Waals surface area contributed by atoms with E-state index < -0.39 is 0 Å². The molecule has 0 saturated heterocycles. The molecule has 0 unspecified atom stereocenters. The minimum absolute atomic E-state index is 0.276. The molecule has 0 atom stereocenters. The van der Waals surface area contributed by atoms with Crippen LogP contribution in [0.1, 0.15) is 11.1 Å². The first-order valence-electron chi connectivity index (χ1n) is 9.11. The topological polar surface area (TPSA) is 29.3 Å². The number of nitrogens with one attached hydrogen (secondary N) is 1. The van der Waals surface area contributed by atoms with Gasteiger partial charge in [0.1, 0.15) is 17.3 Å². The average Bonchev–Trinajstić information content (AvgIpc) is 3.21. The largest absolute Gasteiger partial charge is 0.339 e. The highest BCUT2D eigenvalue weighted by molar-refractivity contribution is 7.23. The molecule has 5 rings (SSSR count). The summed E-state index contributed by atoms with van der Waals surface area (Å²) in [5.41, 5.74) is 5.47. The second kappa shape index (κ2) is 6.46. The summed E-state index contributed by atoms with van der Waals surface area (Å²) in [4.78, 5) is 5.66. The van der Waals surface area contributed by atoms with Gasteiger partial charge in [0, 0.05) is 11.3 Å². The van der Waals surface area contributed by atoms with Crippen molar-refractivity contribution in [3.05, 3.63) is 83.7 Å². The molecule has 28 heavy (non-hydrogen) atoms. The van der Waals surface area contributed by atoms with Crippen molar-refractivity contribution >= 4 is 38.0 Å². The van der Waals surface area contributed by atoms with Crippen LogP contribution in [0.5, 0.6) is 0 Å². The van der Waals surface area contributed by atoms with E-state index in [1.165, 1.54) is 6.07 Å². The molecule has 3 nitrogen and oxygen atoms in total. The maximum atomic E-state index is 14.6. The van der Waals surface area contributed by atoms with Gasteiger partial charge in [0.15, 0.2) is 4.96 Å². The fourth-order valence-electron chi connectivity index (χ4n) is 3.60.